The van der Waals surface area contributed by atoms with Gasteiger partial charge in [-0.25, -0.2) is 0 Å². The van der Waals surface area contributed by atoms with Gasteiger partial charge in [0.2, 0.25) is 0 Å². The maximum Gasteiger partial charge on any atom is 0.146 e. The van der Waals surface area contributed by atoms with Crippen molar-refractivity contribution in [3.63, 3.8) is 0 Å². The molecule has 0 aliphatic heterocycles. The van der Waals surface area contributed by atoms with Gasteiger partial charge in [-0.3, -0.25) is 0 Å². The van der Waals surface area contributed by atoms with E-state index in [-0.39, 0.29) is 0 Å². The second-order valence-electron chi connectivity index (χ2n) is 3.95. The third-order valence-electron chi connectivity index (χ3n) is 1.62. The molecule has 112 valence electrons. The van der Waals surface area contributed by atoms with Gasteiger partial charge in [0.1, 0.15) is 8.64 Å². The summed E-state index contributed by atoms with van der Waals surface area (Å²) in [6.45, 7) is 4.43. The molecule has 0 radical (unpaired) electrons. The summed E-state index contributed by atoms with van der Waals surface area (Å²) in [5.74, 6) is 0. The van der Waals surface area contributed by atoms with Crippen LogP contribution in [-0.4, -0.2) is 55.8 Å². The van der Waals surface area contributed by atoms with Crippen LogP contribution < -0.4 is 0 Å². The molecule has 19 heavy (non-hydrogen) atoms. The molecule has 0 spiro atoms. The van der Waals surface area contributed by atoms with Crippen molar-refractivity contribution >= 4 is 88.0 Å². The van der Waals surface area contributed by atoms with Crippen molar-refractivity contribution in [1.29, 1.82) is 0 Å². The largest absolute Gasteiger partial charge is 0.363 e. The van der Waals surface area contributed by atoms with Crippen molar-refractivity contribution in [3.8, 4) is 0 Å². The molecule has 0 saturated carbocycles. The SMILES string of the molecule is CC(SSC(=S)N(C)C)SC(C)SSC(=S)N(C)C. The molecule has 0 bridgehead atoms. The van der Waals surface area contributed by atoms with Crippen LogP contribution in [0.4, 0.5) is 0 Å². The Labute approximate surface area is 148 Å². The highest BCUT2D eigenvalue weighted by Crippen LogP contribution is 2.42. The minimum absolute atomic E-state index is 0.499. The fourth-order valence-electron chi connectivity index (χ4n) is 0.682. The van der Waals surface area contributed by atoms with E-state index in [0.29, 0.717) is 9.16 Å². The first kappa shape index (κ1) is 20.5. The van der Waals surface area contributed by atoms with Gasteiger partial charge in [-0.2, -0.15) is 0 Å². The minimum atomic E-state index is 0.499. The van der Waals surface area contributed by atoms with Crippen molar-refractivity contribution in [2.75, 3.05) is 28.2 Å². The second kappa shape index (κ2) is 11.1. The average Bonchev–Trinajstić information content (AvgIpc) is 2.32. The molecule has 0 N–H and O–H groups in total. The van der Waals surface area contributed by atoms with E-state index in [4.69, 9.17) is 24.4 Å². The first-order valence-corrected chi connectivity index (χ1v) is 11.7. The summed E-state index contributed by atoms with van der Waals surface area (Å²) in [4.78, 5) is 3.93. The smallest absolute Gasteiger partial charge is 0.146 e. The van der Waals surface area contributed by atoms with E-state index in [1.807, 2.05) is 71.3 Å². The van der Waals surface area contributed by atoms with E-state index in [9.17, 15) is 0 Å². The molecule has 2 atom stereocenters. The number of thiocarbonyl (C=S) groups is 2. The van der Waals surface area contributed by atoms with E-state index in [2.05, 4.69) is 13.8 Å². The van der Waals surface area contributed by atoms with Crippen LogP contribution in [0.1, 0.15) is 13.8 Å². The third-order valence-corrected chi connectivity index (χ3v) is 11.2. The molecule has 0 rings (SSSR count). The Morgan fingerprint density at radius 1 is 0.789 bits per heavy atom. The molecule has 0 fully saturated rings. The molecule has 9 heteroatoms. The highest BCUT2D eigenvalue weighted by atomic mass is 33.1. The molecule has 0 aromatic heterocycles. The molecule has 2 unspecified atom stereocenters. The van der Waals surface area contributed by atoms with Crippen LogP contribution in [0.25, 0.3) is 0 Å². The van der Waals surface area contributed by atoms with Gasteiger partial charge in [-0.1, -0.05) is 46.0 Å². The Hall–Kier alpha value is 1.53. The summed E-state index contributed by atoms with van der Waals surface area (Å²) in [5.41, 5.74) is 0. The predicted molar refractivity (Wildman–Crippen MR) is 109 cm³/mol. The normalized spacial score (nSPS) is 13.8. The lowest BCUT2D eigenvalue weighted by molar-refractivity contribution is 0.648. The molecule has 0 heterocycles. The van der Waals surface area contributed by atoms with Crippen LogP contribution in [0.5, 0.6) is 0 Å². The Balaban J connectivity index is 3.83. The lowest BCUT2D eigenvalue weighted by Crippen LogP contribution is -2.15. The molecule has 2 nitrogen and oxygen atoms in total. The average molecular weight is 393 g/mol. The summed E-state index contributed by atoms with van der Waals surface area (Å²) < 4.78 is 2.83. The summed E-state index contributed by atoms with van der Waals surface area (Å²) in [5, 5.41) is 0. The molecular formula is C10H20N2S7. The molecule has 0 aliphatic rings. The van der Waals surface area contributed by atoms with Crippen molar-refractivity contribution in [2.24, 2.45) is 0 Å². The summed E-state index contributed by atoms with van der Waals surface area (Å²) in [6.07, 6.45) is 0. The van der Waals surface area contributed by atoms with Crippen molar-refractivity contribution in [2.45, 2.75) is 23.0 Å². The molecule has 0 saturated heterocycles. The second-order valence-corrected chi connectivity index (χ2v) is 12.6. The molecule has 0 aromatic carbocycles. The highest BCUT2D eigenvalue weighted by Gasteiger charge is 2.14. The topological polar surface area (TPSA) is 6.48 Å². The van der Waals surface area contributed by atoms with Gasteiger partial charge in [-0.05, 0) is 35.4 Å². The van der Waals surface area contributed by atoms with Crippen molar-refractivity contribution in [1.82, 2.24) is 9.80 Å². The quantitative estimate of drug-likeness (QED) is 0.352. The molecular weight excluding hydrogens is 373 g/mol. The zero-order valence-corrected chi connectivity index (χ0v) is 17.6. The fourth-order valence-corrected chi connectivity index (χ4v) is 7.96. The van der Waals surface area contributed by atoms with E-state index in [1.54, 1.807) is 21.6 Å². The van der Waals surface area contributed by atoms with Gasteiger partial charge in [0.25, 0.3) is 0 Å². The van der Waals surface area contributed by atoms with E-state index in [0.717, 1.165) is 8.64 Å². The summed E-state index contributed by atoms with van der Waals surface area (Å²) >= 11 is 12.4. The van der Waals surface area contributed by atoms with E-state index in [1.165, 1.54) is 0 Å². The molecule has 0 aliphatic carbocycles. The monoisotopic (exact) mass is 392 g/mol. The Bertz CT molecular complexity index is 268. The first-order chi connectivity index (χ1) is 8.73. The predicted octanol–water partition coefficient (Wildman–Crippen LogP) is 4.87. The Morgan fingerprint density at radius 2 is 1.11 bits per heavy atom. The maximum absolute atomic E-state index is 5.25. The van der Waals surface area contributed by atoms with Crippen LogP contribution in [-0.2, 0) is 0 Å². The van der Waals surface area contributed by atoms with Crippen molar-refractivity contribution in [3.05, 3.63) is 0 Å². The van der Waals surface area contributed by atoms with Gasteiger partial charge in [0.15, 0.2) is 0 Å². The van der Waals surface area contributed by atoms with Gasteiger partial charge >= 0.3 is 0 Å². The standard InChI is InChI=1S/C10H20N2S7/c1-7(16-18-9(13)11(3)4)15-8(2)17-19-10(14)12(5)6/h7-8H,1-6H3. The lowest BCUT2D eigenvalue weighted by atomic mass is 10.9. The number of hydrogen-bond acceptors (Lipinski definition) is 7. The van der Waals surface area contributed by atoms with E-state index < -0.39 is 0 Å². The van der Waals surface area contributed by atoms with Gasteiger partial charge in [0.05, 0.1) is 9.16 Å². The molecule has 0 aromatic rings. The van der Waals surface area contributed by atoms with Gasteiger partial charge in [-0.15, -0.1) is 11.8 Å². The fraction of sp³-hybridized carbons (Fsp3) is 0.800. The number of rotatable bonds is 6. The van der Waals surface area contributed by atoms with Gasteiger partial charge < -0.3 is 9.80 Å². The minimum Gasteiger partial charge on any atom is -0.363 e. The zero-order valence-electron chi connectivity index (χ0n) is 11.9. The lowest BCUT2D eigenvalue weighted by Gasteiger charge is -2.18. The Kier molecular flexibility index (Phi) is 12.0. The number of hydrogen-bond donors (Lipinski definition) is 0. The zero-order chi connectivity index (χ0) is 15.0. The van der Waals surface area contributed by atoms with Gasteiger partial charge in [0, 0.05) is 28.2 Å². The van der Waals surface area contributed by atoms with E-state index >= 15 is 0 Å². The van der Waals surface area contributed by atoms with Crippen LogP contribution in [0, 0.1) is 0 Å². The Morgan fingerprint density at radius 3 is 1.37 bits per heavy atom. The van der Waals surface area contributed by atoms with Crippen LogP contribution >= 0.6 is 79.4 Å². The highest BCUT2D eigenvalue weighted by molar-refractivity contribution is 8.86. The van der Waals surface area contributed by atoms with Crippen LogP contribution in [0.15, 0.2) is 0 Å². The van der Waals surface area contributed by atoms with Crippen LogP contribution in [0.2, 0.25) is 0 Å². The van der Waals surface area contributed by atoms with Crippen molar-refractivity contribution < 1.29 is 0 Å². The summed E-state index contributed by atoms with van der Waals surface area (Å²) in [7, 11) is 14.9. The number of thioether (sulfide) groups is 1. The first-order valence-electron chi connectivity index (χ1n) is 5.48. The van der Waals surface area contributed by atoms with Crippen LogP contribution in [0.3, 0.4) is 0 Å². The summed E-state index contributed by atoms with van der Waals surface area (Å²) in [6, 6.07) is 0. The number of nitrogens with zero attached hydrogens (tertiary/aromatic N) is 2. The third kappa shape index (κ3) is 10.8. The maximum atomic E-state index is 5.25. The molecule has 0 amide bonds.